The molecule has 98 valence electrons. The van der Waals surface area contributed by atoms with Gasteiger partial charge in [-0.05, 0) is 35.4 Å². The fourth-order valence-electron chi connectivity index (χ4n) is 2.02. The molecule has 6 heteroatoms. The number of nitrogens with zero attached hydrogens (tertiary/aromatic N) is 5. The first-order valence-corrected chi connectivity index (χ1v) is 6.65. The van der Waals surface area contributed by atoms with Crippen LogP contribution in [0.1, 0.15) is 46.0 Å². The largest absolute Gasteiger partial charge is 0.366 e. The average molecular weight is 248 g/mol. The summed E-state index contributed by atoms with van der Waals surface area (Å²) in [6.07, 6.45) is 5.98. The van der Waals surface area contributed by atoms with Crippen LogP contribution in [-0.4, -0.2) is 31.3 Å². The van der Waals surface area contributed by atoms with Crippen LogP contribution in [0.25, 0.3) is 5.65 Å². The van der Waals surface area contributed by atoms with Gasteiger partial charge in [0, 0.05) is 6.04 Å². The summed E-state index contributed by atoms with van der Waals surface area (Å²) in [6.45, 7) is 4.42. The Hall–Kier alpha value is -1.72. The fourth-order valence-corrected chi connectivity index (χ4v) is 2.02. The summed E-state index contributed by atoms with van der Waals surface area (Å²) in [5, 5.41) is 19.0. The zero-order valence-corrected chi connectivity index (χ0v) is 11.0. The molecule has 0 fully saturated rings. The van der Waals surface area contributed by atoms with Gasteiger partial charge >= 0.3 is 0 Å². The lowest BCUT2D eigenvalue weighted by atomic mass is 10.1. The Balaban J connectivity index is 2.04. The Bertz CT molecular complexity index is 480. The summed E-state index contributed by atoms with van der Waals surface area (Å²) >= 11 is 0. The monoisotopic (exact) mass is 248 g/mol. The maximum absolute atomic E-state index is 4.33. The highest BCUT2D eigenvalue weighted by atomic mass is 15.6. The quantitative estimate of drug-likeness (QED) is 0.814. The van der Waals surface area contributed by atoms with Crippen molar-refractivity contribution < 1.29 is 0 Å². The van der Waals surface area contributed by atoms with Crippen LogP contribution in [0.4, 0.5) is 5.82 Å². The van der Waals surface area contributed by atoms with Gasteiger partial charge in [0.25, 0.3) is 0 Å². The number of hydrogen-bond donors (Lipinski definition) is 1. The highest BCUT2D eigenvalue weighted by Gasteiger charge is 2.08. The van der Waals surface area contributed by atoms with E-state index in [9.17, 15) is 0 Å². The second-order valence-corrected chi connectivity index (χ2v) is 4.52. The number of aromatic nitrogens is 5. The van der Waals surface area contributed by atoms with Gasteiger partial charge in [0.2, 0.25) is 0 Å². The van der Waals surface area contributed by atoms with Crippen LogP contribution in [-0.2, 0) is 0 Å². The standard InChI is InChI=1S/C12H20N6/c1-3-5-7-10(6-4-2)13-11-8-9-12-14-16-17-18(12)15-11/h8-10H,3-7H2,1-2H3,(H,13,15). The van der Waals surface area contributed by atoms with E-state index in [1.807, 2.05) is 12.1 Å². The van der Waals surface area contributed by atoms with E-state index in [1.165, 1.54) is 30.3 Å². The number of anilines is 1. The van der Waals surface area contributed by atoms with Crippen molar-refractivity contribution in [2.45, 2.75) is 52.0 Å². The molecule has 1 unspecified atom stereocenters. The van der Waals surface area contributed by atoms with Crippen LogP contribution in [0.5, 0.6) is 0 Å². The van der Waals surface area contributed by atoms with Crippen molar-refractivity contribution in [2.24, 2.45) is 0 Å². The van der Waals surface area contributed by atoms with Crippen LogP contribution >= 0.6 is 0 Å². The van der Waals surface area contributed by atoms with E-state index in [0.717, 1.165) is 12.2 Å². The first-order valence-electron chi connectivity index (χ1n) is 6.65. The highest BCUT2D eigenvalue weighted by Crippen LogP contribution is 2.13. The Morgan fingerprint density at radius 3 is 2.89 bits per heavy atom. The second kappa shape index (κ2) is 6.28. The SMILES string of the molecule is CCCCC(CCC)Nc1ccc2nnnn2n1. The molecule has 6 nitrogen and oxygen atoms in total. The number of fused-ring (bicyclic) bond motifs is 1. The molecular formula is C12H20N6. The lowest BCUT2D eigenvalue weighted by Crippen LogP contribution is -2.20. The van der Waals surface area contributed by atoms with Crippen LogP contribution in [0.15, 0.2) is 12.1 Å². The molecule has 1 N–H and O–H groups in total. The van der Waals surface area contributed by atoms with Crippen molar-refractivity contribution >= 4 is 11.5 Å². The summed E-state index contributed by atoms with van der Waals surface area (Å²) in [6, 6.07) is 4.29. The first kappa shape index (κ1) is 12.7. The van der Waals surface area contributed by atoms with Crippen molar-refractivity contribution in [1.82, 2.24) is 25.3 Å². The van der Waals surface area contributed by atoms with Crippen LogP contribution in [0.2, 0.25) is 0 Å². The zero-order valence-electron chi connectivity index (χ0n) is 11.0. The minimum Gasteiger partial charge on any atom is -0.366 e. The van der Waals surface area contributed by atoms with Gasteiger partial charge in [0.05, 0.1) is 0 Å². The molecule has 2 aromatic heterocycles. The van der Waals surface area contributed by atoms with Gasteiger partial charge in [0.1, 0.15) is 5.82 Å². The first-order chi connectivity index (χ1) is 8.83. The van der Waals surface area contributed by atoms with Crippen LogP contribution < -0.4 is 5.32 Å². The molecule has 2 rings (SSSR count). The van der Waals surface area contributed by atoms with Crippen molar-refractivity contribution in [3.05, 3.63) is 12.1 Å². The van der Waals surface area contributed by atoms with Gasteiger partial charge in [-0.2, -0.15) is 0 Å². The van der Waals surface area contributed by atoms with E-state index in [4.69, 9.17) is 0 Å². The van der Waals surface area contributed by atoms with Gasteiger partial charge in [-0.1, -0.05) is 33.1 Å². The lowest BCUT2D eigenvalue weighted by molar-refractivity contribution is 0.560. The predicted molar refractivity (Wildman–Crippen MR) is 70.4 cm³/mol. The molecule has 0 saturated heterocycles. The van der Waals surface area contributed by atoms with E-state index < -0.39 is 0 Å². The number of hydrogen-bond acceptors (Lipinski definition) is 5. The van der Waals surface area contributed by atoms with Crippen LogP contribution in [0, 0.1) is 0 Å². The summed E-state index contributed by atoms with van der Waals surface area (Å²) in [7, 11) is 0. The Kier molecular flexibility index (Phi) is 4.44. The minimum atomic E-state index is 0.483. The van der Waals surface area contributed by atoms with E-state index in [0.29, 0.717) is 11.7 Å². The van der Waals surface area contributed by atoms with E-state index >= 15 is 0 Å². The molecule has 0 aromatic carbocycles. The normalized spacial score (nSPS) is 12.8. The highest BCUT2D eigenvalue weighted by molar-refractivity contribution is 5.42. The molecule has 2 aromatic rings. The number of nitrogens with one attached hydrogen (secondary N) is 1. The van der Waals surface area contributed by atoms with Gasteiger partial charge in [-0.3, -0.25) is 0 Å². The molecule has 0 bridgehead atoms. The molecule has 18 heavy (non-hydrogen) atoms. The Morgan fingerprint density at radius 2 is 2.11 bits per heavy atom. The molecule has 2 heterocycles. The molecular weight excluding hydrogens is 228 g/mol. The Labute approximate surface area is 107 Å². The van der Waals surface area contributed by atoms with Crippen molar-refractivity contribution in [2.75, 3.05) is 5.32 Å². The summed E-state index contributed by atoms with van der Waals surface area (Å²) in [5.74, 6) is 0.837. The topological polar surface area (TPSA) is 68.0 Å². The van der Waals surface area contributed by atoms with Gasteiger partial charge in [-0.25, -0.2) is 0 Å². The molecule has 0 aliphatic carbocycles. The van der Waals surface area contributed by atoms with Crippen molar-refractivity contribution in [1.29, 1.82) is 0 Å². The predicted octanol–water partition coefficient (Wildman–Crippen LogP) is 2.29. The molecule has 0 aliphatic rings. The van der Waals surface area contributed by atoms with Crippen molar-refractivity contribution in [3.8, 4) is 0 Å². The third-order valence-corrected chi connectivity index (χ3v) is 2.96. The van der Waals surface area contributed by atoms with E-state index in [-0.39, 0.29) is 0 Å². The van der Waals surface area contributed by atoms with Gasteiger partial charge in [-0.15, -0.1) is 14.8 Å². The third kappa shape index (κ3) is 3.15. The zero-order chi connectivity index (χ0) is 12.8. The third-order valence-electron chi connectivity index (χ3n) is 2.96. The molecule has 0 spiro atoms. The summed E-state index contributed by atoms with van der Waals surface area (Å²) < 4.78 is 1.45. The molecule has 0 saturated carbocycles. The molecule has 0 radical (unpaired) electrons. The number of rotatable bonds is 7. The van der Waals surface area contributed by atoms with Crippen molar-refractivity contribution in [3.63, 3.8) is 0 Å². The molecule has 0 amide bonds. The van der Waals surface area contributed by atoms with Crippen LogP contribution in [0.3, 0.4) is 0 Å². The number of unbranched alkanes of at least 4 members (excludes halogenated alkanes) is 1. The lowest BCUT2D eigenvalue weighted by Gasteiger charge is -2.18. The van der Waals surface area contributed by atoms with E-state index in [2.05, 4.69) is 39.8 Å². The summed E-state index contributed by atoms with van der Waals surface area (Å²) in [5.41, 5.74) is 0.668. The van der Waals surface area contributed by atoms with Gasteiger partial charge < -0.3 is 5.32 Å². The minimum absolute atomic E-state index is 0.483. The maximum atomic E-state index is 4.33. The molecule has 0 aliphatic heterocycles. The smallest absolute Gasteiger partial charge is 0.200 e. The van der Waals surface area contributed by atoms with E-state index in [1.54, 1.807) is 0 Å². The summed E-state index contributed by atoms with van der Waals surface area (Å²) in [4.78, 5) is 0. The Morgan fingerprint density at radius 1 is 1.22 bits per heavy atom. The fraction of sp³-hybridized carbons (Fsp3) is 0.667. The van der Waals surface area contributed by atoms with Gasteiger partial charge in [0.15, 0.2) is 5.65 Å². The second-order valence-electron chi connectivity index (χ2n) is 4.52. The molecule has 1 atom stereocenters. The average Bonchev–Trinajstić information content (AvgIpc) is 2.83. The maximum Gasteiger partial charge on any atom is 0.200 e. The number of tetrazole rings is 1.